The molecule has 2 amide bonds. The molecule has 2 aromatic rings. The van der Waals surface area contributed by atoms with Crippen molar-refractivity contribution in [2.75, 3.05) is 6.61 Å². The van der Waals surface area contributed by atoms with Crippen LogP contribution < -0.4 is 10.1 Å². The van der Waals surface area contributed by atoms with E-state index in [-0.39, 0.29) is 24.0 Å². The maximum Gasteiger partial charge on any atom is 0.261 e. The van der Waals surface area contributed by atoms with Gasteiger partial charge >= 0.3 is 0 Å². The molecule has 0 radical (unpaired) electrons. The monoisotopic (exact) mass is 410 g/mol. The molecule has 0 aliphatic rings. The van der Waals surface area contributed by atoms with Gasteiger partial charge in [-0.1, -0.05) is 48.9 Å². The van der Waals surface area contributed by atoms with Crippen LogP contribution in [0.15, 0.2) is 48.5 Å². The fourth-order valence-corrected chi connectivity index (χ4v) is 3.11. The minimum atomic E-state index is -0.622. The molecule has 0 aliphatic carbocycles. The second kappa shape index (κ2) is 10.3. The van der Waals surface area contributed by atoms with Gasteiger partial charge in [-0.3, -0.25) is 9.59 Å². The molecule has 2 aromatic carbocycles. The van der Waals surface area contributed by atoms with Crippen LogP contribution in [0.4, 0.5) is 0 Å². The molecule has 5 heteroatoms. The van der Waals surface area contributed by atoms with Crippen LogP contribution in [-0.4, -0.2) is 34.9 Å². The number of ether oxygens (including phenoxy) is 1. The summed E-state index contributed by atoms with van der Waals surface area (Å²) in [6, 6.07) is 15.1. The summed E-state index contributed by atoms with van der Waals surface area (Å²) >= 11 is 0. The Morgan fingerprint density at radius 1 is 1.07 bits per heavy atom. The fraction of sp³-hybridized carbons (Fsp3) is 0.440. The van der Waals surface area contributed by atoms with Crippen molar-refractivity contribution >= 4 is 11.8 Å². The predicted molar refractivity (Wildman–Crippen MR) is 120 cm³/mol. The molecular weight excluding hydrogens is 376 g/mol. The van der Waals surface area contributed by atoms with Gasteiger partial charge < -0.3 is 15.0 Å². The largest absolute Gasteiger partial charge is 0.484 e. The quantitative estimate of drug-likeness (QED) is 0.707. The highest BCUT2D eigenvalue weighted by Crippen LogP contribution is 2.15. The first kappa shape index (κ1) is 23.5. The summed E-state index contributed by atoms with van der Waals surface area (Å²) in [4.78, 5) is 27.4. The zero-order valence-corrected chi connectivity index (χ0v) is 19.0. The maximum atomic E-state index is 13.1. The third-order valence-corrected chi connectivity index (χ3v) is 4.79. The lowest BCUT2D eigenvalue weighted by atomic mass is 10.1. The molecule has 0 aliphatic heterocycles. The van der Waals surface area contributed by atoms with Gasteiger partial charge in [0.2, 0.25) is 5.91 Å². The number of hydrogen-bond donors (Lipinski definition) is 1. The van der Waals surface area contributed by atoms with Crippen LogP contribution in [0.5, 0.6) is 5.75 Å². The SMILES string of the molecule is CCc1ccc(OCC(=O)N(Cc2cccc(C)c2)[C@@H](C)C(=O)NC(C)(C)C)cc1. The molecule has 30 heavy (non-hydrogen) atoms. The normalized spacial score (nSPS) is 12.2. The number of rotatable bonds is 8. The second-order valence-corrected chi connectivity index (χ2v) is 8.71. The molecule has 0 bridgehead atoms. The summed E-state index contributed by atoms with van der Waals surface area (Å²) in [5.41, 5.74) is 2.92. The Balaban J connectivity index is 2.15. The number of carbonyl (C=O) groups is 2. The van der Waals surface area contributed by atoms with Crippen molar-refractivity contribution in [3.8, 4) is 5.75 Å². The summed E-state index contributed by atoms with van der Waals surface area (Å²) in [7, 11) is 0. The Labute approximate surface area is 180 Å². The van der Waals surface area contributed by atoms with Crippen molar-refractivity contribution in [1.29, 1.82) is 0 Å². The highest BCUT2D eigenvalue weighted by Gasteiger charge is 2.28. The second-order valence-electron chi connectivity index (χ2n) is 8.71. The molecule has 0 aromatic heterocycles. The minimum absolute atomic E-state index is 0.121. The molecule has 1 atom stereocenters. The number of aryl methyl sites for hydroxylation is 2. The number of nitrogens with zero attached hydrogens (tertiary/aromatic N) is 1. The number of carbonyl (C=O) groups excluding carboxylic acids is 2. The Kier molecular flexibility index (Phi) is 8.04. The van der Waals surface area contributed by atoms with Crippen LogP contribution in [0.2, 0.25) is 0 Å². The third-order valence-electron chi connectivity index (χ3n) is 4.79. The Bertz CT molecular complexity index is 853. The van der Waals surface area contributed by atoms with Crippen molar-refractivity contribution in [2.45, 2.75) is 66.1 Å². The van der Waals surface area contributed by atoms with E-state index < -0.39 is 6.04 Å². The lowest BCUT2D eigenvalue weighted by Crippen LogP contribution is -2.53. The van der Waals surface area contributed by atoms with Gasteiger partial charge in [0.15, 0.2) is 6.61 Å². The van der Waals surface area contributed by atoms with E-state index >= 15 is 0 Å². The Hall–Kier alpha value is -2.82. The lowest BCUT2D eigenvalue weighted by molar-refractivity contribution is -0.142. The zero-order chi connectivity index (χ0) is 22.3. The third kappa shape index (κ3) is 7.21. The van der Waals surface area contributed by atoms with Crippen molar-refractivity contribution < 1.29 is 14.3 Å². The predicted octanol–water partition coefficient (Wildman–Crippen LogP) is 4.27. The van der Waals surface area contributed by atoms with E-state index in [9.17, 15) is 9.59 Å². The summed E-state index contributed by atoms with van der Waals surface area (Å²) in [5.74, 6) is 0.228. The summed E-state index contributed by atoms with van der Waals surface area (Å²) in [6.07, 6.45) is 0.948. The fourth-order valence-electron chi connectivity index (χ4n) is 3.11. The average Bonchev–Trinajstić information content (AvgIpc) is 2.69. The van der Waals surface area contributed by atoms with Gasteiger partial charge in [-0.25, -0.2) is 0 Å². The van der Waals surface area contributed by atoms with Gasteiger partial charge in [-0.15, -0.1) is 0 Å². The lowest BCUT2D eigenvalue weighted by Gasteiger charge is -2.31. The van der Waals surface area contributed by atoms with E-state index in [1.165, 1.54) is 5.56 Å². The number of nitrogens with one attached hydrogen (secondary N) is 1. The molecular formula is C25H34N2O3. The first-order chi connectivity index (χ1) is 14.1. The van der Waals surface area contributed by atoms with Crippen LogP contribution >= 0.6 is 0 Å². The smallest absolute Gasteiger partial charge is 0.261 e. The Morgan fingerprint density at radius 2 is 1.73 bits per heavy atom. The van der Waals surface area contributed by atoms with Gasteiger partial charge in [0.25, 0.3) is 5.91 Å². The van der Waals surface area contributed by atoms with Gasteiger partial charge in [0.1, 0.15) is 11.8 Å². The van der Waals surface area contributed by atoms with E-state index in [4.69, 9.17) is 4.74 Å². The van der Waals surface area contributed by atoms with E-state index in [0.29, 0.717) is 12.3 Å². The van der Waals surface area contributed by atoms with Gasteiger partial charge in [0.05, 0.1) is 0 Å². The minimum Gasteiger partial charge on any atom is -0.484 e. The molecule has 0 saturated heterocycles. The summed E-state index contributed by atoms with van der Waals surface area (Å²) < 4.78 is 5.72. The van der Waals surface area contributed by atoms with E-state index in [1.807, 2.05) is 76.2 Å². The molecule has 5 nitrogen and oxygen atoms in total. The van der Waals surface area contributed by atoms with Gasteiger partial charge in [0, 0.05) is 12.1 Å². The van der Waals surface area contributed by atoms with Gasteiger partial charge in [-0.05, 0) is 64.3 Å². The van der Waals surface area contributed by atoms with Crippen LogP contribution in [0.25, 0.3) is 0 Å². The zero-order valence-electron chi connectivity index (χ0n) is 19.0. The molecule has 0 spiro atoms. The topological polar surface area (TPSA) is 58.6 Å². The standard InChI is InChI=1S/C25H34N2O3/c1-7-20-11-13-22(14-12-20)30-17-23(28)27(16-21-10-8-9-18(2)15-21)19(3)24(29)26-25(4,5)6/h8-15,19H,7,16-17H2,1-6H3,(H,26,29)/t19-/m0/s1. The molecule has 0 unspecified atom stereocenters. The van der Waals surface area contributed by atoms with Crippen molar-refractivity contribution in [3.05, 3.63) is 65.2 Å². The number of hydrogen-bond acceptors (Lipinski definition) is 3. The molecule has 0 fully saturated rings. The molecule has 2 rings (SSSR count). The van der Waals surface area contributed by atoms with Gasteiger partial charge in [-0.2, -0.15) is 0 Å². The number of benzene rings is 2. The highest BCUT2D eigenvalue weighted by atomic mass is 16.5. The van der Waals surface area contributed by atoms with E-state index in [2.05, 4.69) is 12.2 Å². The van der Waals surface area contributed by atoms with E-state index in [0.717, 1.165) is 17.5 Å². The van der Waals surface area contributed by atoms with Crippen LogP contribution in [0.3, 0.4) is 0 Å². The average molecular weight is 411 g/mol. The highest BCUT2D eigenvalue weighted by molar-refractivity contribution is 5.88. The molecule has 1 N–H and O–H groups in total. The molecule has 162 valence electrons. The van der Waals surface area contributed by atoms with E-state index in [1.54, 1.807) is 11.8 Å². The van der Waals surface area contributed by atoms with Crippen LogP contribution in [0, 0.1) is 6.92 Å². The Morgan fingerprint density at radius 3 is 2.30 bits per heavy atom. The summed E-state index contributed by atoms with van der Waals surface area (Å²) in [5, 5.41) is 2.96. The first-order valence-electron chi connectivity index (χ1n) is 10.5. The van der Waals surface area contributed by atoms with Crippen LogP contribution in [0.1, 0.15) is 51.3 Å². The molecule has 0 saturated carbocycles. The van der Waals surface area contributed by atoms with Crippen molar-refractivity contribution in [3.63, 3.8) is 0 Å². The van der Waals surface area contributed by atoms with Crippen LogP contribution in [-0.2, 0) is 22.6 Å². The van der Waals surface area contributed by atoms with Crippen molar-refractivity contribution in [2.24, 2.45) is 0 Å². The number of amides is 2. The molecule has 0 heterocycles. The summed E-state index contributed by atoms with van der Waals surface area (Å²) in [6.45, 7) is 11.8. The first-order valence-corrected chi connectivity index (χ1v) is 10.5. The maximum absolute atomic E-state index is 13.1. The van der Waals surface area contributed by atoms with Crippen molar-refractivity contribution in [1.82, 2.24) is 10.2 Å².